The van der Waals surface area contributed by atoms with Crippen molar-refractivity contribution in [3.05, 3.63) is 0 Å². The Morgan fingerprint density at radius 3 is 2.18 bits per heavy atom. The summed E-state index contributed by atoms with van der Waals surface area (Å²) in [7, 11) is -1.86. The minimum absolute atomic E-state index is 0.661. The number of halogens is 1. The van der Waals surface area contributed by atoms with Gasteiger partial charge in [0.2, 0.25) is 0 Å². The maximum atomic E-state index is 5.56. The number of hydrogen-bond donors (Lipinski definition) is 0. The standard InChI is InChI=1S/C6H13BrO3Si/c1-11(6-7)9-4-2-8-3-5-10-11/h2-6H2,1H3. The monoisotopic (exact) mass is 240 g/mol. The lowest BCUT2D eigenvalue weighted by atomic mass is 10.7. The van der Waals surface area contributed by atoms with Gasteiger partial charge >= 0.3 is 8.56 Å². The molecule has 11 heavy (non-hydrogen) atoms. The van der Waals surface area contributed by atoms with Crippen molar-refractivity contribution < 1.29 is 13.6 Å². The molecule has 5 heteroatoms. The molecular weight excluding hydrogens is 228 g/mol. The lowest BCUT2D eigenvalue weighted by Crippen LogP contribution is -2.44. The van der Waals surface area contributed by atoms with Crippen LogP contribution >= 0.6 is 15.9 Å². The maximum absolute atomic E-state index is 5.56. The summed E-state index contributed by atoms with van der Waals surface area (Å²) in [6.07, 6.45) is 0. The van der Waals surface area contributed by atoms with Gasteiger partial charge in [-0.1, -0.05) is 15.9 Å². The summed E-state index contributed by atoms with van der Waals surface area (Å²) < 4.78 is 16.3. The van der Waals surface area contributed by atoms with Crippen molar-refractivity contribution in [1.82, 2.24) is 0 Å². The summed E-state index contributed by atoms with van der Waals surface area (Å²) in [6.45, 7) is 4.77. The van der Waals surface area contributed by atoms with Gasteiger partial charge in [-0.2, -0.15) is 0 Å². The highest BCUT2D eigenvalue weighted by Crippen LogP contribution is 2.11. The molecule has 0 N–H and O–H groups in total. The van der Waals surface area contributed by atoms with Gasteiger partial charge in [0.25, 0.3) is 0 Å². The fraction of sp³-hybridized carbons (Fsp3) is 1.00. The van der Waals surface area contributed by atoms with E-state index < -0.39 is 8.56 Å². The summed E-state index contributed by atoms with van der Waals surface area (Å²) >= 11 is 3.40. The van der Waals surface area contributed by atoms with Gasteiger partial charge in [-0.3, -0.25) is 0 Å². The van der Waals surface area contributed by atoms with E-state index in [0.717, 1.165) is 4.95 Å². The summed E-state index contributed by atoms with van der Waals surface area (Å²) in [5.41, 5.74) is 0. The fourth-order valence-electron chi connectivity index (χ4n) is 0.854. The van der Waals surface area contributed by atoms with Crippen LogP contribution in [0.2, 0.25) is 6.55 Å². The Bertz CT molecular complexity index is 114. The highest BCUT2D eigenvalue weighted by Gasteiger charge is 2.30. The molecule has 1 aliphatic heterocycles. The lowest BCUT2D eigenvalue weighted by molar-refractivity contribution is 0.0283. The van der Waals surface area contributed by atoms with Crippen LogP contribution in [-0.2, 0) is 13.6 Å². The topological polar surface area (TPSA) is 27.7 Å². The number of ether oxygens (including phenoxy) is 1. The third kappa shape index (κ3) is 3.21. The van der Waals surface area contributed by atoms with Crippen molar-refractivity contribution in [3.63, 3.8) is 0 Å². The molecule has 1 heterocycles. The molecule has 0 radical (unpaired) electrons. The van der Waals surface area contributed by atoms with Crippen molar-refractivity contribution >= 4 is 24.5 Å². The molecule has 1 saturated heterocycles. The van der Waals surface area contributed by atoms with Crippen molar-refractivity contribution in [2.24, 2.45) is 0 Å². The van der Waals surface area contributed by atoms with Crippen molar-refractivity contribution in [3.8, 4) is 0 Å². The molecule has 1 aliphatic rings. The minimum atomic E-state index is -1.86. The highest BCUT2D eigenvalue weighted by molar-refractivity contribution is 9.09. The van der Waals surface area contributed by atoms with E-state index in [1.54, 1.807) is 0 Å². The van der Waals surface area contributed by atoms with Gasteiger partial charge in [-0.05, 0) is 6.55 Å². The number of hydrogen-bond acceptors (Lipinski definition) is 3. The van der Waals surface area contributed by atoms with E-state index in [-0.39, 0.29) is 0 Å². The SMILES string of the molecule is C[Si]1(CBr)OCCOCCO1. The Balaban J connectivity index is 2.37. The second-order valence-corrected chi connectivity index (χ2v) is 7.37. The van der Waals surface area contributed by atoms with Gasteiger partial charge in [0.05, 0.1) is 26.4 Å². The van der Waals surface area contributed by atoms with E-state index in [2.05, 4.69) is 22.5 Å². The molecule has 0 aromatic carbocycles. The Kier molecular flexibility index (Phi) is 4.01. The lowest BCUT2D eigenvalue weighted by Gasteiger charge is -2.27. The summed E-state index contributed by atoms with van der Waals surface area (Å²) in [5, 5.41) is 0. The molecule has 0 unspecified atom stereocenters. The molecule has 0 saturated carbocycles. The minimum Gasteiger partial charge on any atom is -0.391 e. The first-order valence-corrected chi connectivity index (χ1v) is 7.33. The first kappa shape index (κ1) is 9.66. The van der Waals surface area contributed by atoms with E-state index in [4.69, 9.17) is 13.6 Å². The van der Waals surface area contributed by atoms with E-state index in [1.807, 2.05) is 0 Å². The molecule has 0 atom stereocenters. The predicted octanol–water partition coefficient (Wildman–Crippen LogP) is 1.06. The molecule has 0 bridgehead atoms. The van der Waals surface area contributed by atoms with E-state index in [1.165, 1.54) is 0 Å². The molecule has 0 aromatic heterocycles. The predicted molar refractivity (Wildman–Crippen MR) is 48.1 cm³/mol. The molecule has 0 aliphatic carbocycles. The second kappa shape index (κ2) is 4.57. The van der Waals surface area contributed by atoms with E-state index >= 15 is 0 Å². The van der Waals surface area contributed by atoms with Gasteiger partial charge in [0.15, 0.2) is 0 Å². The summed E-state index contributed by atoms with van der Waals surface area (Å²) in [6, 6.07) is 0. The Morgan fingerprint density at radius 2 is 1.73 bits per heavy atom. The van der Waals surface area contributed by atoms with Crippen LogP contribution in [0.5, 0.6) is 0 Å². The van der Waals surface area contributed by atoms with Crippen LogP contribution in [0, 0.1) is 0 Å². The first-order chi connectivity index (χ1) is 5.27. The smallest absolute Gasteiger partial charge is 0.345 e. The van der Waals surface area contributed by atoms with E-state index in [9.17, 15) is 0 Å². The van der Waals surface area contributed by atoms with Crippen LogP contribution in [0.15, 0.2) is 0 Å². The van der Waals surface area contributed by atoms with Crippen LogP contribution < -0.4 is 0 Å². The second-order valence-electron chi connectivity index (χ2n) is 2.58. The largest absolute Gasteiger partial charge is 0.391 e. The average Bonchev–Trinajstić information content (AvgIpc) is 1.98. The molecule has 3 nitrogen and oxygen atoms in total. The van der Waals surface area contributed by atoms with Crippen molar-refractivity contribution in [1.29, 1.82) is 0 Å². The molecular formula is C6H13BrO3Si. The molecule has 0 spiro atoms. The summed E-state index contributed by atoms with van der Waals surface area (Å²) in [5.74, 6) is 0. The van der Waals surface area contributed by atoms with Crippen LogP contribution in [0.25, 0.3) is 0 Å². The Morgan fingerprint density at radius 1 is 1.18 bits per heavy atom. The van der Waals surface area contributed by atoms with Crippen LogP contribution in [0.3, 0.4) is 0 Å². The van der Waals surface area contributed by atoms with Gasteiger partial charge in [0, 0.05) is 4.95 Å². The molecule has 66 valence electrons. The Hall–Kier alpha value is 0.577. The zero-order valence-corrected chi connectivity index (χ0v) is 9.22. The zero-order chi connectivity index (χ0) is 8.16. The molecule has 0 aromatic rings. The summed E-state index contributed by atoms with van der Waals surface area (Å²) in [4.78, 5) is 0.833. The van der Waals surface area contributed by atoms with Gasteiger partial charge in [-0.15, -0.1) is 0 Å². The fourth-order valence-corrected chi connectivity index (χ4v) is 3.09. The van der Waals surface area contributed by atoms with E-state index in [0.29, 0.717) is 26.4 Å². The third-order valence-corrected chi connectivity index (χ3v) is 6.68. The number of rotatable bonds is 1. The average molecular weight is 241 g/mol. The maximum Gasteiger partial charge on any atom is 0.345 e. The molecule has 1 fully saturated rings. The normalized spacial score (nSPS) is 25.6. The van der Waals surface area contributed by atoms with Gasteiger partial charge in [0.1, 0.15) is 0 Å². The van der Waals surface area contributed by atoms with Crippen LogP contribution in [0.1, 0.15) is 0 Å². The van der Waals surface area contributed by atoms with Gasteiger partial charge in [-0.25, -0.2) is 0 Å². The van der Waals surface area contributed by atoms with Crippen LogP contribution in [0.4, 0.5) is 0 Å². The van der Waals surface area contributed by atoms with Crippen molar-refractivity contribution in [2.45, 2.75) is 6.55 Å². The first-order valence-electron chi connectivity index (χ1n) is 3.68. The van der Waals surface area contributed by atoms with Crippen molar-refractivity contribution in [2.75, 3.05) is 31.4 Å². The molecule has 1 rings (SSSR count). The number of alkyl halides is 1. The Labute approximate surface area is 76.4 Å². The molecule has 0 amide bonds. The third-order valence-electron chi connectivity index (χ3n) is 1.51. The van der Waals surface area contributed by atoms with Crippen LogP contribution in [-0.4, -0.2) is 39.9 Å². The highest BCUT2D eigenvalue weighted by atomic mass is 79.9. The zero-order valence-electron chi connectivity index (χ0n) is 6.64. The van der Waals surface area contributed by atoms with Gasteiger partial charge < -0.3 is 13.6 Å². The quantitative estimate of drug-likeness (QED) is 0.507.